The third kappa shape index (κ3) is 4.55. The Hall–Kier alpha value is -2.20. The number of carbonyl (C=O) groups is 2. The summed E-state index contributed by atoms with van der Waals surface area (Å²) >= 11 is 3.04. The molecule has 0 aliphatic heterocycles. The Labute approximate surface area is 189 Å². The first-order valence-corrected chi connectivity index (χ1v) is 12.3. The van der Waals surface area contributed by atoms with Crippen LogP contribution in [0.1, 0.15) is 44.6 Å². The number of aryl methyl sites for hydroxylation is 1. The van der Waals surface area contributed by atoms with Crippen molar-refractivity contribution in [2.75, 3.05) is 18.9 Å². The molecule has 0 saturated carbocycles. The minimum absolute atomic E-state index is 0.132. The maximum atomic E-state index is 12.0. The highest BCUT2D eigenvalue weighted by atomic mass is 32.2. The molecule has 10 heteroatoms. The van der Waals surface area contributed by atoms with Crippen LogP contribution < -0.4 is 5.32 Å². The molecule has 1 atom stereocenters. The largest absolute Gasteiger partial charge is 0.465 e. The fourth-order valence-electron chi connectivity index (χ4n) is 3.96. The SMILES string of the molecule is CCOC(=O)CNC(=O)CSc1nnc2c3c4c(sc3ncn12)C[C@H](C(C)(C)C)CC4. The Balaban J connectivity index is 1.52. The van der Waals surface area contributed by atoms with E-state index in [1.807, 2.05) is 4.40 Å². The van der Waals surface area contributed by atoms with E-state index < -0.39 is 5.97 Å². The predicted molar refractivity (Wildman–Crippen MR) is 122 cm³/mol. The molecule has 3 aromatic heterocycles. The number of amides is 1. The number of nitrogens with zero attached hydrogens (tertiary/aromatic N) is 4. The van der Waals surface area contributed by atoms with Gasteiger partial charge in [-0.15, -0.1) is 21.5 Å². The molecule has 0 radical (unpaired) electrons. The van der Waals surface area contributed by atoms with Crippen LogP contribution in [0.3, 0.4) is 0 Å². The molecule has 0 unspecified atom stereocenters. The van der Waals surface area contributed by atoms with Gasteiger partial charge in [-0.05, 0) is 43.1 Å². The topological polar surface area (TPSA) is 98.5 Å². The summed E-state index contributed by atoms with van der Waals surface area (Å²) in [5.41, 5.74) is 2.45. The molecule has 0 saturated heterocycles. The molecule has 3 aromatic rings. The number of ether oxygens (including phenoxy) is 1. The molecule has 1 aliphatic carbocycles. The number of rotatable bonds is 6. The highest BCUT2D eigenvalue weighted by Crippen LogP contribution is 2.43. The zero-order chi connectivity index (χ0) is 22.2. The molecule has 0 fully saturated rings. The minimum atomic E-state index is -0.448. The van der Waals surface area contributed by atoms with E-state index in [0.717, 1.165) is 28.7 Å². The molecule has 3 heterocycles. The zero-order valence-electron chi connectivity index (χ0n) is 18.2. The summed E-state index contributed by atoms with van der Waals surface area (Å²) < 4.78 is 6.67. The first-order chi connectivity index (χ1) is 14.8. The first-order valence-electron chi connectivity index (χ1n) is 10.5. The maximum absolute atomic E-state index is 12.0. The average molecular weight is 462 g/mol. The number of hydrogen-bond acceptors (Lipinski definition) is 8. The van der Waals surface area contributed by atoms with Crippen molar-refractivity contribution < 1.29 is 14.3 Å². The molecular formula is C21H27N5O3S2. The first kappa shape index (κ1) is 22.0. The number of nitrogens with one attached hydrogen (secondary N) is 1. The fourth-order valence-corrected chi connectivity index (χ4v) is 5.95. The van der Waals surface area contributed by atoms with Gasteiger partial charge in [0.05, 0.1) is 17.7 Å². The van der Waals surface area contributed by atoms with E-state index in [1.54, 1.807) is 24.6 Å². The van der Waals surface area contributed by atoms with Gasteiger partial charge in [0.2, 0.25) is 5.91 Å². The molecule has 0 aromatic carbocycles. The van der Waals surface area contributed by atoms with Crippen LogP contribution in [0.4, 0.5) is 0 Å². The van der Waals surface area contributed by atoms with Crippen molar-refractivity contribution in [3.8, 4) is 0 Å². The second kappa shape index (κ2) is 8.74. The standard InChI is InChI=1S/C21H27N5O3S2/c1-5-29-16(28)9-22-15(27)10-30-20-25-24-18-17-13-7-6-12(21(2,3)4)8-14(13)31-19(17)23-11-26(18)20/h11-12H,5-10H2,1-4H3,(H,22,27)/t12-/m1/s1. The Bertz CT molecular complexity index is 1130. The number of aromatic nitrogens is 4. The second-order valence-corrected chi connectivity index (χ2v) is 10.8. The van der Waals surface area contributed by atoms with Crippen molar-refractivity contribution in [1.29, 1.82) is 0 Å². The van der Waals surface area contributed by atoms with Crippen LogP contribution in [0.2, 0.25) is 0 Å². The summed E-state index contributed by atoms with van der Waals surface area (Å²) in [6.07, 6.45) is 5.02. The second-order valence-electron chi connectivity index (χ2n) is 8.78. The molecular weight excluding hydrogens is 434 g/mol. The predicted octanol–water partition coefficient (Wildman–Crippen LogP) is 3.26. The van der Waals surface area contributed by atoms with E-state index in [2.05, 4.69) is 41.3 Å². The number of fused-ring (bicyclic) bond motifs is 5. The lowest BCUT2D eigenvalue weighted by molar-refractivity contribution is -0.143. The molecule has 0 bridgehead atoms. The molecule has 1 N–H and O–H groups in total. The van der Waals surface area contributed by atoms with Gasteiger partial charge in [0.1, 0.15) is 17.7 Å². The molecule has 166 valence electrons. The summed E-state index contributed by atoms with van der Waals surface area (Å²) in [5.74, 6) is 0.0928. The Morgan fingerprint density at radius 2 is 2.16 bits per heavy atom. The van der Waals surface area contributed by atoms with Gasteiger partial charge in [-0.3, -0.25) is 14.0 Å². The van der Waals surface area contributed by atoms with Gasteiger partial charge in [-0.2, -0.15) is 0 Å². The highest BCUT2D eigenvalue weighted by Gasteiger charge is 2.31. The Morgan fingerprint density at radius 1 is 1.35 bits per heavy atom. The van der Waals surface area contributed by atoms with Gasteiger partial charge in [-0.1, -0.05) is 32.5 Å². The Kier molecular flexibility index (Phi) is 6.20. The lowest BCUT2D eigenvalue weighted by Gasteiger charge is -2.33. The van der Waals surface area contributed by atoms with Crippen molar-refractivity contribution in [2.45, 2.75) is 52.1 Å². The van der Waals surface area contributed by atoms with Gasteiger partial charge in [0.15, 0.2) is 10.8 Å². The number of thiophene rings is 1. The van der Waals surface area contributed by atoms with Crippen molar-refractivity contribution >= 4 is 50.8 Å². The van der Waals surface area contributed by atoms with Gasteiger partial charge >= 0.3 is 5.97 Å². The van der Waals surface area contributed by atoms with Gasteiger partial charge < -0.3 is 10.1 Å². The van der Waals surface area contributed by atoms with E-state index in [9.17, 15) is 9.59 Å². The normalized spacial score (nSPS) is 16.5. The van der Waals surface area contributed by atoms with Gasteiger partial charge in [0.25, 0.3) is 0 Å². The molecule has 4 rings (SSSR count). The van der Waals surface area contributed by atoms with Crippen LogP contribution in [-0.2, 0) is 27.2 Å². The van der Waals surface area contributed by atoms with Crippen LogP contribution in [0, 0.1) is 11.3 Å². The molecule has 31 heavy (non-hydrogen) atoms. The summed E-state index contributed by atoms with van der Waals surface area (Å²) in [4.78, 5) is 30.5. The minimum Gasteiger partial charge on any atom is -0.465 e. The van der Waals surface area contributed by atoms with Gasteiger partial charge in [-0.25, -0.2) is 4.98 Å². The number of thioether (sulfide) groups is 1. The van der Waals surface area contributed by atoms with Crippen molar-refractivity contribution in [2.24, 2.45) is 11.3 Å². The van der Waals surface area contributed by atoms with E-state index in [-0.39, 0.29) is 18.2 Å². The van der Waals surface area contributed by atoms with E-state index >= 15 is 0 Å². The molecule has 0 spiro atoms. The fraction of sp³-hybridized carbons (Fsp3) is 0.571. The lowest BCUT2D eigenvalue weighted by Crippen LogP contribution is -2.31. The molecule has 1 aliphatic rings. The van der Waals surface area contributed by atoms with Crippen molar-refractivity contribution in [1.82, 2.24) is 24.9 Å². The lowest BCUT2D eigenvalue weighted by atomic mass is 9.72. The maximum Gasteiger partial charge on any atom is 0.325 e. The zero-order valence-corrected chi connectivity index (χ0v) is 19.9. The van der Waals surface area contributed by atoms with Crippen LogP contribution in [0.15, 0.2) is 11.5 Å². The monoisotopic (exact) mass is 461 g/mol. The van der Waals surface area contributed by atoms with E-state index in [4.69, 9.17) is 4.74 Å². The summed E-state index contributed by atoms with van der Waals surface area (Å²) in [5, 5.41) is 13.0. The molecule has 8 nitrogen and oxygen atoms in total. The van der Waals surface area contributed by atoms with E-state index in [1.165, 1.54) is 28.6 Å². The molecule has 1 amide bonds. The number of esters is 1. The van der Waals surface area contributed by atoms with Crippen LogP contribution in [-0.4, -0.2) is 50.4 Å². The van der Waals surface area contributed by atoms with Crippen molar-refractivity contribution in [3.63, 3.8) is 0 Å². The smallest absolute Gasteiger partial charge is 0.325 e. The van der Waals surface area contributed by atoms with Crippen LogP contribution >= 0.6 is 23.1 Å². The van der Waals surface area contributed by atoms with E-state index in [0.29, 0.717) is 23.1 Å². The summed E-state index contributed by atoms with van der Waals surface area (Å²) in [6, 6.07) is 0. The summed E-state index contributed by atoms with van der Waals surface area (Å²) in [6.45, 7) is 8.84. The third-order valence-electron chi connectivity index (χ3n) is 5.72. The van der Waals surface area contributed by atoms with Crippen LogP contribution in [0.5, 0.6) is 0 Å². The quantitative estimate of drug-likeness (QED) is 0.444. The van der Waals surface area contributed by atoms with Crippen molar-refractivity contribution in [3.05, 3.63) is 16.8 Å². The van der Waals surface area contributed by atoms with Gasteiger partial charge in [0, 0.05) is 4.88 Å². The Morgan fingerprint density at radius 3 is 2.90 bits per heavy atom. The average Bonchev–Trinajstić information content (AvgIpc) is 3.30. The number of hydrogen-bond donors (Lipinski definition) is 1. The number of carbonyl (C=O) groups excluding carboxylic acids is 2. The third-order valence-corrected chi connectivity index (χ3v) is 7.82. The highest BCUT2D eigenvalue weighted by molar-refractivity contribution is 7.99. The summed E-state index contributed by atoms with van der Waals surface area (Å²) in [7, 11) is 0. The van der Waals surface area contributed by atoms with Crippen LogP contribution in [0.25, 0.3) is 15.9 Å².